The molecule has 0 unspecified atom stereocenters. The average Bonchev–Trinajstić information content (AvgIpc) is 3.06. The van der Waals surface area contributed by atoms with Crippen molar-refractivity contribution in [2.45, 2.75) is 53.2 Å². The van der Waals surface area contributed by atoms with Gasteiger partial charge in [-0.3, -0.25) is 14.9 Å². The summed E-state index contributed by atoms with van der Waals surface area (Å²) in [6, 6.07) is 12.2. The van der Waals surface area contributed by atoms with Gasteiger partial charge in [-0.15, -0.1) is 0 Å². The van der Waals surface area contributed by atoms with E-state index in [4.69, 9.17) is 5.73 Å². The van der Waals surface area contributed by atoms with E-state index < -0.39 is 17.7 Å². The molecule has 2 aromatic rings. The Kier molecular flexibility index (Phi) is 7.67. The number of primary amides is 1. The molecule has 2 aromatic carbocycles. The van der Waals surface area contributed by atoms with Crippen LogP contribution in [0, 0.1) is 23.7 Å². The Bertz CT molecular complexity index is 1260. The second-order valence-electron chi connectivity index (χ2n) is 10.7. The first-order valence-corrected chi connectivity index (χ1v) is 12.1. The van der Waals surface area contributed by atoms with Crippen molar-refractivity contribution in [3.8, 4) is 6.07 Å². The Morgan fingerprint density at radius 3 is 2.51 bits per heavy atom. The van der Waals surface area contributed by atoms with E-state index in [1.807, 2.05) is 50.8 Å². The summed E-state index contributed by atoms with van der Waals surface area (Å²) in [5.74, 6) is -1.57. The fourth-order valence-corrected chi connectivity index (χ4v) is 4.22. The highest BCUT2D eigenvalue weighted by Crippen LogP contribution is 2.41. The summed E-state index contributed by atoms with van der Waals surface area (Å²) in [7, 11) is 1.73. The molecular formula is C27H35N7O3. The number of nitrogens with two attached hydrogens (primary N) is 1. The summed E-state index contributed by atoms with van der Waals surface area (Å²) < 4.78 is 0. The molecule has 1 heterocycles. The smallest absolute Gasteiger partial charge is 0.322 e. The van der Waals surface area contributed by atoms with Crippen LogP contribution in [0.5, 0.6) is 0 Å². The zero-order valence-electron chi connectivity index (χ0n) is 22.2. The van der Waals surface area contributed by atoms with Crippen LogP contribution in [0.3, 0.4) is 0 Å². The SMILES string of the molecule is Cc1ccc(NC(=O)N[C@@]2(C)Nc3cc(N(C)C(=O)CC(C)(C)C)ccc3N2CCC(N)=O)cc1C#N. The molecule has 10 nitrogen and oxygen atoms in total. The van der Waals surface area contributed by atoms with Gasteiger partial charge < -0.3 is 26.2 Å². The molecule has 196 valence electrons. The maximum absolute atomic E-state index is 13.0. The molecule has 0 radical (unpaired) electrons. The van der Waals surface area contributed by atoms with Crippen LogP contribution in [-0.4, -0.2) is 37.2 Å². The molecule has 10 heteroatoms. The minimum Gasteiger partial charge on any atom is -0.370 e. The maximum atomic E-state index is 13.0. The van der Waals surface area contributed by atoms with E-state index in [0.29, 0.717) is 29.0 Å². The number of hydrogen-bond donors (Lipinski definition) is 4. The van der Waals surface area contributed by atoms with Crippen LogP contribution in [0.1, 0.15) is 51.7 Å². The molecule has 0 spiro atoms. The van der Waals surface area contributed by atoms with Crippen molar-refractivity contribution in [2.75, 3.05) is 34.0 Å². The van der Waals surface area contributed by atoms with Crippen LogP contribution in [0.15, 0.2) is 36.4 Å². The van der Waals surface area contributed by atoms with Gasteiger partial charge >= 0.3 is 6.03 Å². The van der Waals surface area contributed by atoms with Gasteiger partial charge in [0.1, 0.15) is 0 Å². The number of nitriles is 1. The molecule has 1 aliphatic heterocycles. The number of urea groups is 1. The number of nitrogens with zero attached hydrogens (tertiary/aromatic N) is 3. The summed E-state index contributed by atoms with van der Waals surface area (Å²) in [4.78, 5) is 40.8. The van der Waals surface area contributed by atoms with Gasteiger partial charge in [0.2, 0.25) is 11.8 Å². The number of anilines is 4. The minimum absolute atomic E-state index is 0.00821. The quantitative estimate of drug-likeness (QED) is 0.450. The first kappa shape index (κ1) is 27.3. The van der Waals surface area contributed by atoms with E-state index in [9.17, 15) is 19.6 Å². The molecule has 37 heavy (non-hydrogen) atoms. The standard InChI is InChI=1S/C27H35N7O3/c1-17-7-8-19(13-18(17)16-28)30-25(37)32-27(5)31-21-14-20(33(6)24(36)15-26(2,3)4)9-10-22(21)34(27)12-11-23(29)35/h7-10,13-14,31H,11-12,15H2,1-6H3,(H2,29,35)(H2,30,32,37)/t27-/m1/s1. The summed E-state index contributed by atoms with van der Waals surface area (Å²) in [5.41, 5.74) is 9.18. The van der Waals surface area contributed by atoms with Crippen LogP contribution < -0.4 is 31.5 Å². The van der Waals surface area contributed by atoms with Crippen LogP contribution in [0.4, 0.5) is 27.5 Å². The third kappa shape index (κ3) is 6.50. The minimum atomic E-state index is -1.10. The van der Waals surface area contributed by atoms with Crippen molar-refractivity contribution >= 4 is 40.6 Å². The Balaban J connectivity index is 1.85. The number of aryl methyl sites for hydroxylation is 1. The Labute approximate surface area is 217 Å². The molecule has 4 amide bonds. The summed E-state index contributed by atoms with van der Waals surface area (Å²) in [6.07, 6.45) is 0.472. The van der Waals surface area contributed by atoms with E-state index in [0.717, 1.165) is 11.3 Å². The van der Waals surface area contributed by atoms with Crippen LogP contribution in [-0.2, 0) is 9.59 Å². The van der Waals surface area contributed by atoms with Gasteiger partial charge in [-0.2, -0.15) is 5.26 Å². The number of nitrogens with one attached hydrogen (secondary N) is 3. The number of carbonyl (C=O) groups excluding carboxylic acids is 3. The largest absolute Gasteiger partial charge is 0.370 e. The van der Waals surface area contributed by atoms with E-state index in [1.54, 1.807) is 37.1 Å². The van der Waals surface area contributed by atoms with Crippen molar-refractivity contribution in [2.24, 2.45) is 11.1 Å². The molecule has 5 N–H and O–H groups in total. The lowest BCUT2D eigenvalue weighted by atomic mass is 9.91. The summed E-state index contributed by atoms with van der Waals surface area (Å²) in [5, 5.41) is 18.3. The van der Waals surface area contributed by atoms with Crippen molar-refractivity contribution in [1.29, 1.82) is 5.26 Å². The van der Waals surface area contributed by atoms with E-state index in [-0.39, 0.29) is 24.3 Å². The lowest BCUT2D eigenvalue weighted by Crippen LogP contribution is -2.62. The predicted molar refractivity (Wildman–Crippen MR) is 145 cm³/mol. The molecule has 0 saturated carbocycles. The van der Waals surface area contributed by atoms with Gasteiger partial charge in [0.15, 0.2) is 5.79 Å². The number of carbonyl (C=O) groups is 3. The Hall–Kier alpha value is -4.26. The summed E-state index contributed by atoms with van der Waals surface area (Å²) >= 11 is 0. The fourth-order valence-electron chi connectivity index (χ4n) is 4.22. The van der Waals surface area contributed by atoms with E-state index in [2.05, 4.69) is 22.0 Å². The molecule has 0 fully saturated rings. The van der Waals surface area contributed by atoms with Gasteiger partial charge in [0.05, 0.1) is 23.0 Å². The highest BCUT2D eigenvalue weighted by atomic mass is 16.2. The molecular weight excluding hydrogens is 470 g/mol. The van der Waals surface area contributed by atoms with E-state index >= 15 is 0 Å². The number of amides is 4. The van der Waals surface area contributed by atoms with Crippen LogP contribution in [0.25, 0.3) is 0 Å². The molecule has 1 atom stereocenters. The molecule has 0 aromatic heterocycles. The number of benzene rings is 2. The molecule has 0 aliphatic carbocycles. The number of rotatable bonds is 7. The molecule has 1 aliphatic rings. The zero-order valence-corrected chi connectivity index (χ0v) is 22.2. The van der Waals surface area contributed by atoms with Crippen LogP contribution >= 0.6 is 0 Å². The highest BCUT2D eigenvalue weighted by molar-refractivity contribution is 5.96. The second kappa shape index (κ2) is 10.4. The Morgan fingerprint density at radius 2 is 1.89 bits per heavy atom. The van der Waals surface area contributed by atoms with Gasteiger partial charge in [-0.25, -0.2) is 4.79 Å². The molecule has 0 bridgehead atoms. The second-order valence-corrected chi connectivity index (χ2v) is 10.7. The average molecular weight is 506 g/mol. The van der Waals surface area contributed by atoms with Gasteiger partial charge in [0.25, 0.3) is 0 Å². The first-order valence-electron chi connectivity index (χ1n) is 12.1. The monoisotopic (exact) mass is 505 g/mol. The maximum Gasteiger partial charge on any atom is 0.322 e. The summed E-state index contributed by atoms with van der Waals surface area (Å²) in [6.45, 7) is 9.89. The predicted octanol–water partition coefficient (Wildman–Crippen LogP) is 3.87. The normalized spacial score (nSPS) is 16.3. The van der Waals surface area contributed by atoms with Crippen molar-refractivity contribution in [3.05, 3.63) is 47.5 Å². The lowest BCUT2D eigenvalue weighted by molar-refractivity contribution is -0.120. The highest BCUT2D eigenvalue weighted by Gasteiger charge is 2.41. The van der Waals surface area contributed by atoms with Crippen molar-refractivity contribution in [3.63, 3.8) is 0 Å². The third-order valence-corrected chi connectivity index (χ3v) is 6.19. The van der Waals surface area contributed by atoms with Crippen LogP contribution in [0.2, 0.25) is 0 Å². The van der Waals surface area contributed by atoms with E-state index in [1.165, 1.54) is 0 Å². The number of hydrogen-bond acceptors (Lipinski definition) is 6. The molecule has 3 rings (SSSR count). The lowest BCUT2D eigenvalue weighted by Gasteiger charge is -2.37. The van der Waals surface area contributed by atoms with Crippen molar-refractivity contribution < 1.29 is 14.4 Å². The van der Waals surface area contributed by atoms with Gasteiger partial charge in [-0.1, -0.05) is 26.8 Å². The number of fused-ring (bicyclic) bond motifs is 1. The fraction of sp³-hybridized carbons (Fsp3) is 0.407. The first-order chi connectivity index (χ1) is 17.2. The van der Waals surface area contributed by atoms with Gasteiger partial charge in [-0.05, 0) is 55.2 Å². The third-order valence-electron chi connectivity index (χ3n) is 6.19. The topological polar surface area (TPSA) is 144 Å². The Morgan fingerprint density at radius 1 is 1.19 bits per heavy atom. The van der Waals surface area contributed by atoms with Gasteiger partial charge in [0, 0.05) is 37.8 Å². The zero-order chi connectivity index (χ0) is 27.5. The molecule has 0 saturated heterocycles. The van der Waals surface area contributed by atoms with Crippen molar-refractivity contribution in [1.82, 2.24) is 5.32 Å².